The van der Waals surface area contributed by atoms with Gasteiger partial charge in [-0.2, -0.15) is 0 Å². The predicted octanol–water partition coefficient (Wildman–Crippen LogP) is 1.92. The number of nitrogens with one attached hydrogen (secondary N) is 1. The van der Waals surface area contributed by atoms with Crippen LogP contribution in [-0.2, 0) is 13.1 Å². The van der Waals surface area contributed by atoms with Crippen LogP contribution in [-0.4, -0.2) is 21.6 Å². The third-order valence-electron chi connectivity index (χ3n) is 4.27. The van der Waals surface area contributed by atoms with Gasteiger partial charge in [0.05, 0.1) is 5.56 Å². The molecule has 1 heterocycles. The first-order chi connectivity index (χ1) is 13.5. The molecular formula is C21H19N3O4. The summed E-state index contributed by atoms with van der Waals surface area (Å²) in [5.41, 5.74) is 7.64. The number of amides is 1. The highest BCUT2D eigenvalue weighted by Gasteiger charge is 2.13. The summed E-state index contributed by atoms with van der Waals surface area (Å²) in [6.07, 6.45) is 1.60. The largest absolute Gasteiger partial charge is 0.478 e. The van der Waals surface area contributed by atoms with E-state index in [-0.39, 0.29) is 17.7 Å². The Morgan fingerprint density at radius 1 is 1.00 bits per heavy atom. The maximum Gasteiger partial charge on any atom is 0.335 e. The van der Waals surface area contributed by atoms with E-state index in [1.54, 1.807) is 42.6 Å². The van der Waals surface area contributed by atoms with Gasteiger partial charge in [0.2, 0.25) is 0 Å². The molecule has 0 aliphatic rings. The van der Waals surface area contributed by atoms with Crippen LogP contribution in [0.2, 0.25) is 0 Å². The zero-order valence-electron chi connectivity index (χ0n) is 15.0. The van der Waals surface area contributed by atoms with Crippen LogP contribution in [0.15, 0.2) is 71.7 Å². The molecule has 7 nitrogen and oxygen atoms in total. The van der Waals surface area contributed by atoms with E-state index >= 15 is 0 Å². The number of carboxylic acid groups (broad SMARTS) is 1. The van der Waals surface area contributed by atoms with Crippen LogP contribution in [0.5, 0.6) is 0 Å². The molecule has 0 aliphatic carbocycles. The molecule has 0 aliphatic heterocycles. The summed E-state index contributed by atoms with van der Waals surface area (Å²) in [6, 6.07) is 16.5. The van der Waals surface area contributed by atoms with Gasteiger partial charge in [0, 0.05) is 25.0 Å². The van der Waals surface area contributed by atoms with Crippen molar-refractivity contribution in [2.24, 2.45) is 5.73 Å². The molecule has 0 fully saturated rings. The lowest BCUT2D eigenvalue weighted by molar-refractivity contribution is 0.0696. The van der Waals surface area contributed by atoms with E-state index in [4.69, 9.17) is 10.8 Å². The van der Waals surface area contributed by atoms with Gasteiger partial charge in [0.25, 0.3) is 11.5 Å². The first-order valence-electron chi connectivity index (χ1n) is 8.61. The second-order valence-electron chi connectivity index (χ2n) is 6.16. The van der Waals surface area contributed by atoms with Gasteiger partial charge in [-0.25, -0.2) is 4.79 Å². The Morgan fingerprint density at radius 3 is 2.43 bits per heavy atom. The van der Waals surface area contributed by atoms with Gasteiger partial charge in [-0.3, -0.25) is 14.2 Å². The molecule has 1 amide bonds. The van der Waals surface area contributed by atoms with E-state index in [0.717, 1.165) is 11.1 Å². The number of aromatic nitrogens is 1. The van der Waals surface area contributed by atoms with Gasteiger partial charge in [0.1, 0.15) is 5.56 Å². The molecule has 142 valence electrons. The summed E-state index contributed by atoms with van der Waals surface area (Å²) in [7, 11) is 0. The number of nitrogens with two attached hydrogens (primary N) is 1. The predicted molar refractivity (Wildman–Crippen MR) is 105 cm³/mol. The van der Waals surface area contributed by atoms with Gasteiger partial charge in [-0.15, -0.1) is 0 Å². The fourth-order valence-electron chi connectivity index (χ4n) is 2.75. The maximum atomic E-state index is 12.7. The highest BCUT2D eigenvalue weighted by Crippen LogP contribution is 2.09. The summed E-state index contributed by atoms with van der Waals surface area (Å²) in [5.74, 6) is -1.52. The fraction of sp³-hybridized carbons (Fsp3) is 0.0952. The number of hydrogen-bond donors (Lipinski definition) is 3. The number of carboxylic acids is 1. The molecule has 1 aromatic heterocycles. The normalized spacial score (nSPS) is 10.5. The first-order valence-corrected chi connectivity index (χ1v) is 8.61. The quantitative estimate of drug-likeness (QED) is 0.607. The van der Waals surface area contributed by atoms with E-state index in [2.05, 4.69) is 5.32 Å². The summed E-state index contributed by atoms with van der Waals surface area (Å²) >= 11 is 0. The minimum absolute atomic E-state index is 0.0165. The Hall–Kier alpha value is -3.71. The Morgan fingerprint density at radius 2 is 1.75 bits per heavy atom. The lowest BCUT2D eigenvalue weighted by Gasteiger charge is -2.10. The van der Waals surface area contributed by atoms with E-state index in [9.17, 15) is 14.4 Å². The summed E-state index contributed by atoms with van der Waals surface area (Å²) in [6.45, 7) is 0.527. The zero-order chi connectivity index (χ0) is 20.1. The number of nitrogens with zero attached hydrogens (tertiary/aromatic N) is 1. The van der Waals surface area contributed by atoms with Gasteiger partial charge in [-0.1, -0.05) is 24.3 Å². The van der Waals surface area contributed by atoms with Crippen molar-refractivity contribution < 1.29 is 14.7 Å². The van der Waals surface area contributed by atoms with Crippen molar-refractivity contribution in [3.63, 3.8) is 0 Å². The third-order valence-corrected chi connectivity index (χ3v) is 4.27. The average Bonchev–Trinajstić information content (AvgIpc) is 2.72. The first kappa shape index (κ1) is 19.1. The lowest BCUT2D eigenvalue weighted by atomic mass is 10.1. The molecule has 0 radical (unpaired) electrons. The van der Waals surface area contributed by atoms with Crippen LogP contribution in [0.4, 0.5) is 0 Å². The fourth-order valence-corrected chi connectivity index (χ4v) is 2.75. The molecule has 3 rings (SSSR count). The van der Waals surface area contributed by atoms with Crippen LogP contribution >= 0.6 is 0 Å². The van der Waals surface area contributed by atoms with Gasteiger partial charge in [0.15, 0.2) is 0 Å². The molecule has 0 saturated heterocycles. The summed E-state index contributed by atoms with van der Waals surface area (Å²) < 4.78 is 1.40. The second kappa shape index (κ2) is 8.32. The SMILES string of the molecule is NCc1cccc(-n2cccc(C(=O)NCc3ccc(C(=O)O)cc3)c2=O)c1. The van der Waals surface area contributed by atoms with Crippen LogP contribution < -0.4 is 16.6 Å². The van der Waals surface area contributed by atoms with Gasteiger partial charge in [-0.05, 0) is 47.5 Å². The third kappa shape index (κ3) is 4.16. The number of pyridine rings is 1. The van der Waals surface area contributed by atoms with E-state index < -0.39 is 17.4 Å². The van der Waals surface area contributed by atoms with Crippen molar-refractivity contribution in [3.05, 3.63) is 99.5 Å². The topological polar surface area (TPSA) is 114 Å². The van der Waals surface area contributed by atoms with Crippen LogP contribution in [0, 0.1) is 0 Å². The Balaban J connectivity index is 1.78. The highest BCUT2D eigenvalue weighted by molar-refractivity contribution is 5.93. The van der Waals surface area contributed by atoms with E-state index in [0.29, 0.717) is 12.2 Å². The van der Waals surface area contributed by atoms with Crippen molar-refractivity contribution >= 4 is 11.9 Å². The number of carbonyl (C=O) groups excluding carboxylic acids is 1. The number of aromatic carboxylic acids is 1. The van der Waals surface area contributed by atoms with Gasteiger partial charge >= 0.3 is 5.97 Å². The molecule has 4 N–H and O–H groups in total. The Labute approximate surface area is 161 Å². The molecule has 3 aromatic rings. The van der Waals surface area contributed by atoms with Crippen LogP contribution in [0.25, 0.3) is 5.69 Å². The average molecular weight is 377 g/mol. The highest BCUT2D eigenvalue weighted by atomic mass is 16.4. The smallest absolute Gasteiger partial charge is 0.335 e. The Bertz CT molecular complexity index is 1070. The maximum absolute atomic E-state index is 12.7. The van der Waals surface area contributed by atoms with Crippen LogP contribution in [0.3, 0.4) is 0 Å². The van der Waals surface area contributed by atoms with Crippen molar-refractivity contribution in [1.82, 2.24) is 9.88 Å². The molecule has 0 saturated carbocycles. The van der Waals surface area contributed by atoms with Crippen molar-refractivity contribution in [1.29, 1.82) is 0 Å². The molecule has 7 heteroatoms. The molecule has 0 bridgehead atoms. The zero-order valence-corrected chi connectivity index (χ0v) is 15.0. The van der Waals surface area contributed by atoms with E-state index in [1.807, 2.05) is 6.07 Å². The minimum Gasteiger partial charge on any atom is -0.478 e. The Kier molecular flexibility index (Phi) is 5.67. The number of hydrogen-bond acceptors (Lipinski definition) is 4. The number of benzene rings is 2. The lowest BCUT2D eigenvalue weighted by Crippen LogP contribution is -2.32. The summed E-state index contributed by atoms with van der Waals surface area (Å²) in [4.78, 5) is 36.1. The molecule has 0 spiro atoms. The van der Waals surface area contributed by atoms with Crippen LogP contribution in [0.1, 0.15) is 31.8 Å². The number of carbonyl (C=O) groups is 2. The molecule has 0 unspecified atom stereocenters. The second-order valence-corrected chi connectivity index (χ2v) is 6.16. The monoisotopic (exact) mass is 377 g/mol. The van der Waals surface area contributed by atoms with Crippen molar-refractivity contribution in [2.45, 2.75) is 13.1 Å². The molecular weight excluding hydrogens is 358 g/mol. The minimum atomic E-state index is -1.01. The number of rotatable bonds is 6. The van der Waals surface area contributed by atoms with Crippen molar-refractivity contribution in [3.8, 4) is 5.69 Å². The molecule has 2 aromatic carbocycles. The molecule has 28 heavy (non-hydrogen) atoms. The summed E-state index contributed by atoms with van der Waals surface area (Å²) in [5, 5.41) is 11.6. The molecule has 0 atom stereocenters. The standard InChI is InChI=1S/C21H19N3O4/c22-12-15-3-1-4-17(11-15)24-10-2-5-18(20(24)26)19(25)23-13-14-6-8-16(9-7-14)21(27)28/h1-11H,12-13,22H2,(H,23,25)(H,27,28). The van der Waals surface area contributed by atoms with E-state index in [1.165, 1.54) is 22.8 Å². The van der Waals surface area contributed by atoms with Crippen molar-refractivity contribution in [2.75, 3.05) is 0 Å². The van der Waals surface area contributed by atoms with Gasteiger partial charge < -0.3 is 16.2 Å².